The van der Waals surface area contributed by atoms with E-state index in [2.05, 4.69) is 4.74 Å². The van der Waals surface area contributed by atoms with Crippen molar-refractivity contribution in [1.29, 1.82) is 0 Å². The van der Waals surface area contributed by atoms with Gasteiger partial charge in [-0.2, -0.15) is 35.1 Å². The van der Waals surface area contributed by atoms with Gasteiger partial charge in [-0.15, -0.1) is 0 Å². The van der Waals surface area contributed by atoms with E-state index in [9.17, 15) is 43.9 Å². The van der Waals surface area contributed by atoms with E-state index in [0.29, 0.717) is 0 Å². The van der Waals surface area contributed by atoms with Gasteiger partial charge in [0.15, 0.2) is 0 Å². The van der Waals surface area contributed by atoms with Crippen LogP contribution in [-0.2, 0) is 4.74 Å². The van der Waals surface area contributed by atoms with Crippen LogP contribution in [-0.4, -0.2) is 43.8 Å². The lowest BCUT2D eigenvalue weighted by Crippen LogP contribution is -2.64. The topological polar surface area (TPSA) is 9.23 Å². The fraction of sp³-hybridized carbons (Fsp3) is 1.00. The van der Waals surface area contributed by atoms with Gasteiger partial charge in [0.1, 0.15) is 0 Å². The Balaban J connectivity index is 5.49. The van der Waals surface area contributed by atoms with Crippen LogP contribution in [0.25, 0.3) is 0 Å². The summed E-state index contributed by atoms with van der Waals surface area (Å²) in [5, 5.41) is 0. The molecule has 0 amide bonds. The van der Waals surface area contributed by atoms with Crippen LogP contribution in [0.1, 0.15) is 6.42 Å². The van der Waals surface area contributed by atoms with Crippen molar-refractivity contribution in [2.45, 2.75) is 36.5 Å². The molecular weight excluding hydrogens is 302 g/mol. The van der Waals surface area contributed by atoms with Gasteiger partial charge in [-0.05, 0) is 0 Å². The van der Waals surface area contributed by atoms with Crippen molar-refractivity contribution in [2.75, 3.05) is 13.7 Å². The zero-order valence-electron chi connectivity index (χ0n) is 9.18. The first-order valence-corrected chi connectivity index (χ1v) is 4.54. The Morgan fingerprint density at radius 1 is 0.842 bits per heavy atom. The Bertz CT molecular complexity index is 300. The number of halogens is 10. The van der Waals surface area contributed by atoms with Crippen LogP contribution in [0.2, 0.25) is 0 Å². The van der Waals surface area contributed by atoms with Crippen LogP contribution < -0.4 is 0 Å². The van der Waals surface area contributed by atoms with Gasteiger partial charge in [-0.3, -0.25) is 0 Å². The smallest absolute Gasteiger partial charge is 0.384 e. The van der Waals surface area contributed by atoms with E-state index in [1.165, 1.54) is 0 Å². The second-order valence-electron chi connectivity index (χ2n) is 3.52. The van der Waals surface area contributed by atoms with Gasteiger partial charge in [0.25, 0.3) is 0 Å². The molecule has 11 heteroatoms. The lowest BCUT2D eigenvalue weighted by molar-refractivity contribution is -0.384. The highest BCUT2D eigenvalue weighted by atomic mass is 19.4. The quantitative estimate of drug-likeness (QED) is 0.649. The van der Waals surface area contributed by atoms with Gasteiger partial charge in [-0.1, -0.05) is 0 Å². The van der Waals surface area contributed by atoms with Crippen LogP contribution in [0.15, 0.2) is 0 Å². The molecule has 0 unspecified atom stereocenters. The first-order valence-electron chi connectivity index (χ1n) is 4.54. The largest absolute Gasteiger partial charge is 0.384 e. The Morgan fingerprint density at radius 2 is 1.26 bits per heavy atom. The van der Waals surface area contributed by atoms with Gasteiger partial charge < -0.3 is 4.74 Å². The molecule has 0 aliphatic carbocycles. The summed E-state index contributed by atoms with van der Waals surface area (Å²) in [6, 6.07) is 0. The Morgan fingerprint density at radius 3 is 1.58 bits per heavy atom. The summed E-state index contributed by atoms with van der Waals surface area (Å²) in [6.07, 6.45) is -7.27. The highest BCUT2D eigenvalue weighted by Crippen LogP contribution is 2.55. The average Bonchev–Trinajstić information content (AvgIpc) is 2.25. The van der Waals surface area contributed by atoms with Gasteiger partial charge in [0, 0.05) is 13.5 Å². The normalized spacial score (nSPS) is 15.2. The maximum absolute atomic E-state index is 12.8. The summed E-state index contributed by atoms with van der Waals surface area (Å²) < 4.78 is 128. The SMILES string of the molecule is COCCC(F)(F)C(F)(F)C(F)(F)C(F)(F)C(F)F. The monoisotopic (exact) mass is 310 g/mol. The molecule has 0 saturated carbocycles. The zero-order valence-corrected chi connectivity index (χ0v) is 9.18. The molecule has 0 aromatic heterocycles. The fourth-order valence-electron chi connectivity index (χ4n) is 0.963. The number of alkyl halides is 10. The molecule has 116 valence electrons. The first-order chi connectivity index (χ1) is 8.25. The molecular formula is C8H8F10O. The lowest BCUT2D eigenvalue weighted by atomic mass is 9.97. The van der Waals surface area contributed by atoms with E-state index in [4.69, 9.17) is 0 Å². The van der Waals surface area contributed by atoms with Crippen molar-refractivity contribution in [3.05, 3.63) is 0 Å². The van der Waals surface area contributed by atoms with E-state index in [0.717, 1.165) is 7.11 Å². The highest BCUT2D eigenvalue weighted by molar-refractivity contribution is 5.04. The molecule has 0 N–H and O–H groups in total. The number of methoxy groups -OCH3 is 1. The van der Waals surface area contributed by atoms with Crippen molar-refractivity contribution in [2.24, 2.45) is 0 Å². The maximum Gasteiger partial charge on any atom is 0.384 e. The van der Waals surface area contributed by atoms with Crippen LogP contribution in [0.3, 0.4) is 0 Å². The van der Waals surface area contributed by atoms with Gasteiger partial charge in [0.2, 0.25) is 0 Å². The summed E-state index contributed by atoms with van der Waals surface area (Å²) in [4.78, 5) is 0. The van der Waals surface area contributed by atoms with E-state index in [1.807, 2.05) is 0 Å². The maximum atomic E-state index is 12.8. The number of ether oxygens (including phenoxy) is 1. The predicted molar refractivity (Wildman–Crippen MR) is 42.3 cm³/mol. The Kier molecular flexibility index (Phi) is 5.12. The van der Waals surface area contributed by atoms with E-state index in [1.54, 1.807) is 0 Å². The zero-order chi connectivity index (χ0) is 15.7. The second-order valence-corrected chi connectivity index (χ2v) is 3.52. The summed E-state index contributed by atoms with van der Waals surface area (Å²) in [5.41, 5.74) is 0. The fourth-order valence-corrected chi connectivity index (χ4v) is 0.963. The summed E-state index contributed by atoms with van der Waals surface area (Å²) >= 11 is 0. The third-order valence-corrected chi connectivity index (χ3v) is 2.17. The Hall–Kier alpha value is -0.740. The van der Waals surface area contributed by atoms with Crippen molar-refractivity contribution in [1.82, 2.24) is 0 Å². The predicted octanol–water partition coefficient (Wildman–Crippen LogP) is 3.83. The minimum absolute atomic E-state index is 0.764. The molecule has 0 bridgehead atoms. The van der Waals surface area contributed by atoms with Gasteiger partial charge >= 0.3 is 30.1 Å². The standard InChI is InChI=1S/C8H8F10O/c1-19-3-2-5(11,12)7(15,16)8(17,18)6(13,14)4(9)10/h4H,2-3H2,1H3. The molecule has 0 aliphatic heterocycles. The minimum atomic E-state index is -6.93. The molecule has 0 aromatic rings. The van der Waals surface area contributed by atoms with Gasteiger partial charge in [-0.25, -0.2) is 8.78 Å². The van der Waals surface area contributed by atoms with Crippen molar-refractivity contribution in [3.8, 4) is 0 Å². The lowest BCUT2D eigenvalue weighted by Gasteiger charge is -2.36. The molecule has 0 spiro atoms. The second kappa shape index (κ2) is 5.33. The van der Waals surface area contributed by atoms with E-state index in [-0.39, 0.29) is 0 Å². The number of hydrogen-bond donors (Lipinski definition) is 0. The molecule has 0 heterocycles. The van der Waals surface area contributed by atoms with Crippen LogP contribution >= 0.6 is 0 Å². The molecule has 0 aromatic carbocycles. The van der Waals surface area contributed by atoms with Gasteiger partial charge in [0.05, 0.1) is 6.61 Å². The van der Waals surface area contributed by atoms with Crippen molar-refractivity contribution >= 4 is 0 Å². The Labute approximate surface area is 100 Å². The van der Waals surface area contributed by atoms with Crippen LogP contribution in [0, 0.1) is 0 Å². The summed E-state index contributed by atoms with van der Waals surface area (Å²) in [6.45, 7) is -1.15. The molecule has 0 rings (SSSR count). The molecule has 1 nitrogen and oxygen atoms in total. The molecule has 0 fully saturated rings. The average molecular weight is 310 g/mol. The number of hydrogen-bond acceptors (Lipinski definition) is 1. The molecule has 19 heavy (non-hydrogen) atoms. The van der Waals surface area contributed by atoms with E-state index < -0.39 is 43.1 Å². The molecule has 0 saturated heterocycles. The first kappa shape index (κ1) is 18.3. The van der Waals surface area contributed by atoms with Crippen molar-refractivity contribution in [3.63, 3.8) is 0 Å². The van der Waals surface area contributed by atoms with Crippen LogP contribution in [0.4, 0.5) is 43.9 Å². The third kappa shape index (κ3) is 2.90. The van der Waals surface area contributed by atoms with Crippen LogP contribution in [0.5, 0.6) is 0 Å². The van der Waals surface area contributed by atoms with E-state index >= 15 is 0 Å². The third-order valence-electron chi connectivity index (χ3n) is 2.17. The number of rotatable bonds is 7. The molecule has 0 aliphatic rings. The molecule has 0 radical (unpaired) electrons. The summed E-state index contributed by atoms with van der Waals surface area (Å²) in [7, 11) is 0.764. The minimum Gasteiger partial charge on any atom is -0.384 e. The summed E-state index contributed by atoms with van der Waals surface area (Å²) in [5.74, 6) is -25.8. The highest BCUT2D eigenvalue weighted by Gasteiger charge is 2.82. The molecule has 0 atom stereocenters. The van der Waals surface area contributed by atoms with Crippen molar-refractivity contribution < 1.29 is 48.6 Å².